The normalized spacial score (nSPS) is 9.75. The molecule has 0 spiro atoms. The van der Waals surface area contributed by atoms with Crippen LogP contribution in [0.5, 0.6) is 0 Å². The predicted octanol–water partition coefficient (Wildman–Crippen LogP) is 4.72. The van der Waals surface area contributed by atoms with E-state index in [4.69, 9.17) is 46.6 Å². The molecule has 3 N–H and O–H groups in total. The number of aromatic nitrogens is 1. The first-order chi connectivity index (χ1) is 11.3. The van der Waals surface area contributed by atoms with Crippen LogP contribution in [0, 0.1) is 11.2 Å². The number of nitrogens with two attached hydrogens (primary N) is 1. The molecule has 1 heterocycles. The summed E-state index contributed by atoms with van der Waals surface area (Å²) in [6, 6.07) is 7.22. The van der Waals surface area contributed by atoms with E-state index in [1.807, 2.05) is 13.8 Å². The minimum Gasteiger partial charge on any atom is -0.376 e. The van der Waals surface area contributed by atoms with Gasteiger partial charge in [0.25, 0.3) is 0 Å². The van der Waals surface area contributed by atoms with Gasteiger partial charge in [0.2, 0.25) is 0 Å². The number of rotatable bonds is 2. The van der Waals surface area contributed by atoms with Gasteiger partial charge in [-0.2, -0.15) is 0 Å². The molecule has 4 nitrogen and oxygen atoms in total. The molecule has 0 saturated carbocycles. The molecule has 2 aromatic rings. The Morgan fingerprint density at radius 3 is 2.25 bits per heavy atom. The Balaban J connectivity index is 0.00000139. The van der Waals surface area contributed by atoms with E-state index in [-0.39, 0.29) is 21.3 Å². The van der Waals surface area contributed by atoms with Crippen molar-refractivity contribution >= 4 is 46.4 Å². The number of nitrogens with one attached hydrogen (secondary N) is 1. The maximum Gasteiger partial charge on any atom is 0.171 e. The van der Waals surface area contributed by atoms with E-state index < -0.39 is 5.82 Å². The van der Waals surface area contributed by atoms with Crippen molar-refractivity contribution in [3.8, 4) is 11.1 Å². The van der Waals surface area contributed by atoms with Crippen LogP contribution in [0.15, 0.2) is 30.3 Å². The minimum absolute atomic E-state index is 0.00556. The Morgan fingerprint density at radius 1 is 1.21 bits per heavy atom. The van der Waals surface area contributed by atoms with Crippen molar-refractivity contribution in [2.45, 2.75) is 13.8 Å². The fourth-order valence-electron chi connectivity index (χ4n) is 1.88. The predicted molar refractivity (Wildman–Crippen MR) is 102 cm³/mol. The molecule has 0 radical (unpaired) electrons. The lowest BCUT2D eigenvalue weighted by Crippen LogP contribution is -2.37. The first-order valence-electron chi connectivity index (χ1n) is 7.04. The molecular weight excluding hydrogens is 370 g/mol. The summed E-state index contributed by atoms with van der Waals surface area (Å²) < 4.78 is 13.6. The summed E-state index contributed by atoms with van der Waals surface area (Å²) in [4.78, 5) is 5.14. The third-order valence-corrected chi connectivity index (χ3v) is 3.64. The van der Waals surface area contributed by atoms with Crippen molar-refractivity contribution < 1.29 is 4.39 Å². The second-order valence-electron chi connectivity index (χ2n) is 4.44. The van der Waals surface area contributed by atoms with Crippen molar-refractivity contribution in [3.05, 3.63) is 52.0 Å². The standard InChI is InChI=1S/C14H11Cl2FN4S.C2H6/c1-21(14(19)22)13(18)10-6-8(17)2-3-9(10)7-4-11(15)20-12(16)5-7;1-2/h2-6,18H,1H3,(H2,19,22);1-2H3. The van der Waals surface area contributed by atoms with E-state index in [0.717, 1.165) is 0 Å². The lowest BCUT2D eigenvalue weighted by molar-refractivity contribution is 0.627. The highest BCUT2D eigenvalue weighted by Gasteiger charge is 2.17. The van der Waals surface area contributed by atoms with E-state index >= 15 is 0 Å². The number of pyridine rings is 1. The molecule has 24 heavy (non-hydrogen) atoms. The van der Waals surface area contributed by atoms with Gasteiger partial charge in [-0.05, 0) is 47.6 Å². The van der Waals surface area contributed by atoms with Crippen LogP contribution in [0.25, 0.3) is 11.1 Å². The van der Waals surface area contributed by atoms with Gasteiger partial charge in [0, 0.05) is 12.6 Å². The minimum atomic E-state index is -0.480. The number of halogens is 3. The fraction of sp³-hybridized carbons (Fsp3) is 0.188. The van der Waals surface area contributed by atoms with E-state index in [1.54, 1.807) is 12.1 Å². The number of hydrogen-bond acceptors (Lipinski definition) is 3. The topological polar surface area (TPSA) is 66.0 Å². The molecule has 0 bridgehead atoms. The smallest absolute Gasteiger partial charge is 0.171 e. The van der Waals surface area contributed by atoms with Gasteiger partial charge in [-0.1, -0.05) is 43.1 Å². The molecule has 8 heteroatoms. The SMILES string of the molecule is CC.CN(C(=N)c1cc(F)ccc1-c1cc(Cl)nc(Cl)c1)C(N)=S. The van der Waals surface area contributed by atoms with E-state index in [1.165, 1.54) is 30.1 Å². The van der Waals surface area contributed by atoms with Crippen LogP contribution in [0.3, 0.4) is 0 Å². The average Bonchev–Trinajstić information content (AvgIpc) is 2.54. The second kappa shape index (κ2) is 8.92. The Hall–Kier alpha value is -1.76. The fourth-order valence-corrected chi connectivity index (χ4v) is 2.43. The number of benzene rings is 1. The zero-order chi connectivity index (χ0) is 18.4. The lowest BCUT2D eigenvalue weighted by atomic mass is 9.99. The number of hydrogen-bond donors (Lipinski definition) is 2. The van der Waals surface area contributed by atoms with Crippen LogP contribution in [0.2, 0.25) is 10.3 Å². The maximum absolute atomic E-state index is 13.6. The number of nitrogens with zero attached hydrogens (tertiary/aromatic N) is 2. The molecule has 0 unspecified atom stereocenters. The molecule has 1 aromatic heterocycles. The van der Waals surface area contributed by atoms with Crippen LogP contribution in [-0.4, -0.2) is 27.9 Å². The number of thiocarbonyl (C=S) groups is 1. The molecule has 2 rings (SSSR count). The first kappa shape index (κ1) is 20.3. The van der Waals surface area contributed by atoms with Gasteiger partial charge in [-0.3, -0.25) is 5.41 Å². The van der Waals surface area contributed by atoms with Crippen LogP contribution >= 0.6 is 35.4 Å². The zero-order valence-corrected chi connectivity index (χ0v) is 15.7. The van der Waals surface area contributed by atoms with Crippen LogP contribution < -0.4 is 5.73 Å². The van der Waals surface area contributed by atoms with Gasteiger partial charge >= 0.3 is 0 Å². The Labute approximate surface area is 155 Å². The van der Waals surface area contributed by atoms with Gasteiger partial charge in [0.05, 0.1) is 0 Å². The molecule has 0 fully saturated rings. The Morgan fingerprint density at radius 2 is 1.75 bits per heavy atom. The van der Waals surface area contributed by atoms with Crippen LogP contribution in [0.1, 0.15) is 19.4 Å². The average molecular weight is 387 g/mol. The molecule has 0 aliphatic heterocycles. The third-order valence-electron chi connectivity index (χ3n) is 2.98. The number of amidine groups is 1. The zero-order valence-electron chi connectivity index (χ0n) is 13.4. The lowest BCUT2D eigenvalue weighted by Gasteiger charge is -2.20. The monoisotopic (exact) mass is 386 g/mol. The molecule has 0 aliphatic rings. The third kappa shape index (κ3) is 4.87. The summed E-state index contributed by atoms with van der Waals surface area (Å²) in [6.45, 7) is 4.00. The second-order valence-corrected chi connectivity index (χ2v) is 5.63. The van der Waals surface area contributed by atoms with Crippen molar-refractivity contribution in [1.82, 2.24) is 9.88 Å². The summed E-state index contributed by atoms with van der Waals surface area (Å²) in [5, 5.41) is 8.58. The molecule has 128 valence electrons. The first-order valence-corrected chi connectivity index (χ1v) is 8.21. The van der Waals surface area contributed by atoms with E-state index in [0.29, 0.717) is 16.7 Å². The summed E-state index contributed by atoms with van der Waals surface area (Å²) in [7, 11) is 1.53. The summed E-state index contributed by atoms with van der Waals surface area (Å²) >= 11 is 16.6. The highest BCUT2D eigenvalue weighted by atomic mass is 35.5. The molecule has 0 atom stereocenters. The Kier molecular flexibility index (Phi) is 7.54. The van der Waals surface area contributed by atoms with Crippen molar-refractivity contribution in [3.63, 3.8) is 0 Å². The van der Waals surface area contributed by atoms with Crippen molar-refractivity contribution in [2.24, 2.45) is 5.73 Å². The van der Waals surface area contributed by atoms with Crippen LogP contribution in [-0.2, 0) is 0 Å². The van der Waals surface area contributed by atoms with Gasteiger partial charge in [-0.15, -0.1) is 0 Å². The Bertz CT molecular complexity index is 747. The maximum atomic E-state index is 13.6. The summed E-state index contributed by atoms with van der Waals surface area (Å²) in [5.74, 6) is -0.517. The largest absolute Gasteiger partial charge is 0.376 e. The molecular formula is C16H17Cl2FN4S. The van der Waals surface area contributed by atoms with E-state index in [2.05, 4.69) is 4.98 Å². The van der Waals surface area contributed by atoms with Gasteiger partial charge in [-0.25, -0.2) is 9.37 Å². The highest BCUT2D eigenvalue weighted by molar-refractivity contribution is 7.80. The molecule has 0 saturated heterocycles. The van der Waals surface area contributed by atoms with Gasteiger partial charge < -0.3 is 10.6 Å². The summed E-state index contributed by atoms with van der Waals surface area (Å²) in [6.07, 6.45) is 0. The molecule has 1 aromatic carbocycles. The highest BCUT2D eigenvalue weighted by Crippen LogP contribution is 2.29. The quantitative estimate of drug-likeness (QED) is 0.339. The van der Waals surface area contributed by atoms with Crippen molar-refractivity contribution in [1.29, 1.82) is 5.41 Å². The van der Waals surface area contributed by atoms with Crippen molar-refractivity contribution in [2.75, 3.05) is 7.05 Å². The van der Waals surface area contributed by atoms with Gasteiger partial charge in [0.1, 0.15) is 22.0 Å². The van der Waals surface area contributed by atoms with Gasteiger partial charge in [0.15, 0.2) is 5.11 Å². The summed E-state index contributed by atoms with van der Waals surface area (Å²) in [5.41, 5.74) is 7.02. The molecule has 0 aliphatic carbocycles. The van der Waals surface area contributed by atoms with Crippen LogP contribution in [0.4, 0.5) is 4.39 Å². The molecule has 0 amide bonds. The van der Waals surface area contributed by atoms with E-state index in [9.17, 15) is 4.39 Å².